The van der Waals surface area contributed by atoms with Crippen molar-refractivity contribution in [1.82, 2.24) is 54.4 Å². The Morgan fingerprint density at radius 1 is 0.340 bits per heavy atom. The summed E-state index contributed by atoms with van der Waals surface area (Å²) in [5, 5.41) is 71.9. The Labute approximate surface area is 829 Å². The predicted molar refractivity (Wildman–Crippen MR) is 546 cm³/mol. The Hall–Kier alpha value is -16.6. The minimum atomic E-state index is -0.344. The van der Waals surface area contributed by atoms with Gasteiger partial charge in [0, 0.05) is 241 Å². The number of fused-ring (bicyclic) bond motifs is 4. The van der Waals surface area contributed by atoms with Crippen molar-refractivity contribution in [2.75, 3.05) is 138 Å². The minimum absolute atomic E-state index is 0.0514. The zero-order valence-corrected chi connectivity index (χ0v) is 78.9. The third-order valence-electron chi connectivity index (χ3n) is 27.1. The zero-order chi connectivity index (χ0) is 97.9. The van der Waals surface area contributed by atoms with E-state index < -0.39 is 0 Å². The molecule has 0 aliphatic carbocycles. The van der Waals surface area contributed by atoms with E-state index in [9.17, 15) is 36.5 Å². The summed E-state index contributed by atoms with van der Waals surface area (Å²) in [6.45, 7) is 12.8. The fraction of sp³-hybridized carbons (Fsp3) is 0.265. The van der Waals surface area contributed by atoms with Crippen molar-refractivity contribution in [3.8, 4) is 138 Å². The number of ether oxygens (including phenoxy) is 8. The quantitative estimate of drug-likeness (QED) is 0.0413. The average Bonchev–Trinajstić information content (AvgIpc) is 1.63. The smallest absolute Gasteiger partial charge is 0.147 e. The predicted octanol–water partition coefficient (Wildman–Crippen LogP) is 18.4. The van der Waals surface area contributed by atoms with E-state index in [4.69, 9.17) is 37.9 Å². The number of hydrogen-bond acceptors (Lipinski definition) is 25. The number of aromatic amines is 4. The van der Waals surface area contributed by atoms with Crippen molar-refractivity contribution in [3.05, 3.63) is 283 Å². The van der Waals surface area contributed by atoms with Crippen LogP contribution in [0.3, 0.4) is 0 Å². The second kappa shape index (κ2) is 42.8. The first kappa shape index (κ1) is 93.6. The monoisotopic (exact) mass is 1920 g/mol. The molecule has 24 rings (SSSR count). The lowest BCUT2D eigenvalue weighted by atomic mass is 10.0. The molecule has 0 radical (unpaired) electrons. The van der Waals surface area contributed by atoms with E-state index in [-0.39, 0.29) is 36.3 Å². The molecule has 0 unspecified atom stereocenters. The number of nitriles is 5. The molecule has 0 amide bonds. The Morgan fingerprint density at radius 2 is 0.681 bits per heavy atom. The lowest BCUT2D eigenvalue weighted by molar-refractivity contribution is 0.0252. The Morgan fingerprint density at radius 3 is 1.06 bits per heavy atom. The fourth-order valence-corrected chi connectivity index (χ4v) is 19.3. The number of aromatic nitrogens is 11. The van der Waals surface area contributed by atoms with Gasteiger partial charge in [-0.25, -0.2) is 14.4 Å². The number of morpholine rings is 2. The zero-order valence-electron chi connectivity index (χ0n) is 78.9. The summed E-state index contributed by atoms with van der Waals surface area (Å²) >= 11 is 0. The molecule has 10 aromatic heterocycles. The van der Waals surface area contributed by atoms with Crippen LogP contribution in [-0.2, 0) is 30.2 Å². The Bertz CT molecular complexity index is 7740. The van der Waals surface area contributed by atoms with E-state index in [0.29, 0.717) is 143 Å². The number of H-pyrrole nitrogens is 4. The van der Waals surface area contributed by atoms with E-state index in [1.165, 1.54) is 5.56 Å². The van der Waals surface area contributed by atoms with E-state index in [0.717, 1.165) is 222 Å². The first-order valence-electron chi connectivity index (χ1n) is 48.5. The summed E-state index contributed by atoms with van der Waals surface area (Å²) in [6, 6.07) is 73.9. The van der Waals surface area contributed by atoms with Crippen molar-refractivity contribution in [3.63, 3.8) is 0 Å². The van der Waals surface area contributed by atoms with Crippen molar-refractivity contribution >= 4 is 66.5 Å². The maximum absolute atomic E-state index is 15.1. The molecule has 7 saturated heterocycles. The number of anilines is 4. The molecule has 7 aliphatic rings. The number of imidazole rings is 1. The third-order valence-corrected chi connectivity index (χ3v) is 27.1. The maximum Gasteiger partial charge on any atom is 0.147 e. The van der Waals surface area contributed by atoms with Gasteiger partial charge in [-0.1, -0.05) is 42.5 Å². The van der Waals surface area contributed by atoms with Gasteiger partial charge in [-0.2, -0.15) is 26.3 Å². The molecule has 144 heavy (non-hydrogen) atoms. The normalized spacial score (nSPS) is 15.8. The van der Waals surface area contributed by atoms with E-state index >= 15 is 4.39 Å². The molecule has 0 spiro atoms. The lowest BCUT2D eigenvalue weighted by Gasteiger charge is -2.38. The first-order valence-corrected chi connectivity index (χ1v) is 48.5. The molecule has 720 valence electrons. The largest absolute Gasteiger partial charge is 0.489 e. The van der Waals surface area contributed by atoms with Gasteiger partial charge >= 0.3 is 0 Å². The van der Waals surface area contributed by atoms with Crippen molar-refractivity contribution in [1.29, 1.82) is 26.3 Å². The summed E-state index contributed by atoms with van der Waals surface area (Å²) in [6.07, 6.45) is 19.0. The molecule has 6 N–H and O–H groups in total. The highest BCUT2D eigenvalue weighted by atomic mass is 19.1. The SMILES string of the molecule is N#Cc1cc(-c2cc3c(-c4ccc(N5CC(O)C5)c(C#N)c4)nccc3[nH]2)ccc1N1CC(O)C1.N#Cc1cc(-c2nccc3[nH]c(-c4ccc(Cn5ccnc5)cc4)cc23)ccc1OC1CCOCC1.N#Cc1cc(-c2nccc3[nH]c(-c4ccc(N5CCOCC5)c(F)c4)cc23)ccc1OC1CCOCC1.N#Cc1cc(-c2nccc3[nH]c(-c4ccc(N5CCOCC5)nc4)cc23)ccc1OC1CCOCC1. The summed E-state index contributed by atoms with van der Waals surface area (Å²) < 4.78 is 62.5. The Kier molecular flexibility index (Phi) is 27.8. The van der Waals surface area contributed by atoms with Gasteiger partial charge in [0.05, 0.1) is 152 Å². The molecule has 7 fully saturated rings. The lowest BCUT2D eigenvalue weighted by Crippen LogP contribution is -2.51. The van der Waals surface area contributed by atoms with Crippen LogP contribution in [0.25, 0.3) is 134 Å². The molecule has 17 aromatic rings. The van der Waals surface area contributed by atoms with Crippen LogP contribution in [0.4, 0.5) is 27.3 Å². The second-order valence-electron chi connectivity index (χ2n) is 36.5. The molecule has 7 aliphatic heterocycles. The van der Waals surface area contributed by atoms with E-state index in [2.05, 4.69) is 134 Å². The molecular formula is C113H101FN20O10. The standard InChI is InChI=1S/C29H27FN4O3.C29H25N5O2.C28H27N5O3.C27H22N6O2/c30-24-16-19(1-3-27(24)34-9-13-36-14-10-34)26-17-23-25(33-26)5-8-32-29(23)20-2-4-28(21(15-20)18-31)37-22-6-11-35-12-7-22;30-17-23-15-22(5-6-28(23)36-24-8-13-35-14-9-24)29-25-16-27(33-26(25)7-10-32-29)21-3-1-20(2-4-21)18-34-12-11-31-19-34;29-17-21-15-19(1-3-26(21)36-22-6-11-34-12-7-22)28-23-16-25(32-24(23)5-8-30-28)20-2-4-27(31-18-20)33-9-13-35-14-10-33;28-10-18-7-16(1-3-25(18)32-12-20(34)13-32)24-9-22-23(31-24)5-6-30-27(22)17-2-4-26(19(8-17)11-29)33-14-21(35)15-33/h1-5,8,15-17,22,33H,6-7,9-14H2;1-7,10-12,15-16,19,24,33H,8-9,13-14,18H2;1-5,8,15-16,18,22,32H,6-7,9-14H2;1-9,20-21,31,34-35H,12-15H2. The van der Waals surface area contributed by atoms with Crippen LogP contribution >= 0.6 is 0 Å². The number of aliphatic hydroxyl groups is 2. The van der Waals surface area contributed by atoms with Gasteiger partial charge in [0.2, 0.25) is 0 Å². The number of pyridine rings is 5. The number of benzene rings is 7. The topological polar surface area (TPSA) is 392 Å². The molecule has 0 bridgehead atoms. The van der Waals surface area contributed by atoms with Gasteiger partial charge in [0.25, 0.3) is 0 Å². The van der Waals surface area contributed by atoms with E-state index in [1.807, 2.05) is 178 Å². The van der Waals surface area contributed by atoms with Gasteiger partial charge in [0.1, 0.15) is 77.5 Å². The minimum Gasteiger partial charge on any atom is -0.489 e. The van der Waals surface area contributed by atoms with Crippen molar-refractivity contribution in [2.24, 2.45) is 0 Å². The molecule has 31 heteroatoms. The fourth-order valence-electron chi connectivity index (χ4n) is 19.3. The van der Waals surface area contributed by atoms with Gasteiger partial charge in [-0.15, -0.1) is 0 Å². The number of hydrogen-bond donors (Lipinski definition) is 6. The molecule has 30 nitrogen and oxygen atoms in total. The number of nitrogens with one attached hydrogen (secondary N) is 4. The van der Waals surface area contributed by atoms with Gasteiger partial charge < -0.3 is 92.2 Å². The number of nitrogens with zero attached hydrogens (tertiary/aromatic N) is 16. The summed E-state index contributed by atoms with van der Waals surface area (Å²) in [5.41, 5.74) is 23.9. The van der Waals surface area contributed by atoms with Gasteiger partial charge in [0.15, 0.2) is 0 Å². The van der Waals surface area contributed by atoms with Gasteiger partial charge in [-0.3, -0.25) is 19.9 Å². The highest BCUT2D eigenvalue weighted by Gasteiger charge is 2.31. The van der Waals surface area contributed by atoms with Crippen LogP contribution in [0.1, 0.15) is 71.9 Å². The molecule has 0 atom stereocenters. The second-order valence-corrected chi connectivity index (χ2v) is 36.5. The third kappa shape index (κ3) is 20.7. The highest BCUT2D eigenvalue weighted by Crippen LogP contribution is 2.42. The van der Waals surface area contributed by atoms with Crippen LogP contribution in [0, 0.1) is 62.5 Å². The van der Waals surface area contributed by atoms with Crippen LogP contribution in [-0.4, -0.2) is 214 Å². The van der Waals surface area contributed by atoms with Gasteiger partial charge in [-0.05, 0) is 168 Å². The molecule has 17 heterocycles. The van der Waals surface area contributed by atoms with Crippen LogP contribution in [0.5, 0.6) is 17.2 Å². The van der Waals surface area contributed by atoms with Crippen molar-refractivity contribution < 1.29 is 52.5 Å². The van der Waals surface area contributed by atoms with Crippen molar-refractivity contribution in [2.45, 2.75) is 75.6 Å². The maximum atomic E-state index is 15.1. The summed E-state index contributed by atoms with van der Waals surface area (Å²) in [4.78, 5) is 49.4. The Balaban J connectivity index is 0.000000113. The van der Waals surface area contributed by atoms with Crippen LogP contribution < -0.4 is 33.8 Å². The molecule has 0 saturated carbocycles. The van der Waals surface area contributed by atoms with E-state index in [1.54, 1.807) is 37.1 Å². The molecular weight excluding hydrogens is 1820 g/mol. The van der Waals surface area contributed by atoms with Crippen LogP contribution in [0.15, 0.2) is 244 Å². The number of β-amino-alcohol motifs (C(OH)–C–C–N with tert-alkyl or cyclic N) is 2. The number of rotatable bonds is 20. The molecule has 7 aromatic carbocycles. The van der Waals surface area contributed by atoms with Crippen LogP contribution in [0.2, 0.25) is 0 Å². The number of halogens is 1. The highest BCUT2D eigenvalue weighted by molar-refractivity contribution is 6.01. The summed E-state index contributed by atoms with van der Waals surface area (Å²) in [7, 11) is 0. The first-order chi connectivity index (χ1) is 70.8. The number of aliphatic hydroxyl groups excluding tert-OH is 2. The average molecular weight is 1920 g/mol. The summed E-state index contributed by atoms with van der Waals surface area (Å²) in [5.74, 6) is 2.52.